The molecule has 2 aromatic rings. The summed E-state index contributed by atoms with van der Waals surface area (Å²) >= 11 is 12.3. The summed E-state index contributed by atoms with van der Waals surface area (Å²) in [7, 11) is -2.29. The van der Waals surface area contributed by atoms with E-state index in [0.29, 0.717) is 33.3 Å². The molecule has 0 spiro atoms. The first-order chi connectivity index (χ1) is 15.0. The zero-order valence-electron chi connectivity index (χ0n) is 18.4. The topological polar surface area (TPSA) is 86.8 Å². The highest BCUT2D eigenvalue weighted by atomic mass is 35.5. The molecule has 0 bridgehead atoms. The summed E-state index contributed by atoms with van der Waals surface area (Å²) in [6.07, 6.45) is 1.38. The Labute approximate surface area is 199 Å². The second-order valence-corrected chi connectivity index (χ2v) is 10.1. The Hall–Kier alpha value is -2.29. The monoisotopic (exact) mass is 499 g/mol. The number of nitrogens with zero attached hydrogens (tertiary/aromatic N) is 2. The molecular formula is C22H27Cl2N3O4S. The molecule has 1 N–H and O–H groups in total. The van der Waals surface area contributed by atoms with Gasteiger partial charge in [-0.05, 0) is 42.7 Å². The van der Waals surface area contributed by atoms with Crippen LogP contribution in [0.25, 0.3) is 0 Å². The van der Waals surface area contributed by atoms with Crippen LogP contribution in [0.1, 0.15) is 24.5 Å². The summed E-state index contributed by atoms with van der Waals surface area (Å²) in [5.41, 5.74) is 1.70. The van der Waals surface area contributed by atoms with Gasteiger partial charge < -0.3 is 10.2 Å². The lowest BCUT2D eigenvalue weighted by atomic mass is 10.1. The normalized spacial score (nSPS) is 12.2. The molecule has 0 aliphatic carbocycles. The van der Waals surface area contributed by atoms with Gasteiger partial charge in [-0.3, -0.25) is 13.9 Å². The van der Waals surface area contributed by atoms with E-state index in [1.165, 1.54) is 11.9 Å². The molecule has 0 unspecified atom stereocenters. The van der Waals surface area contributed by atoms with Crippen LogP contribution in [0.3, 0.4) is 0 Å². The number of para-hydroxylation sites is 1. The summed E-state index contributed by atoms with van der Waals surface area (Å²) in [6, 6.07) is 11.0. The molecule has 2 amide bonds. The van der Waals surface area contributed by atoms with Crippen LogP contribution >= 0.6 is 23.2 Å². The van der Waals surface area contributed by atoms with E-state index in [2.05, 4.69) is 5.32 Å². The first-order valence-corrected chi connectivity index (χ1v) is 12.6. The maximum Gasteiger partial charge on any atom is 0.244 e. The number of anilines is 1. The lowest BCUT2D eigenvalue weighted by molar-refractivity contribution is -0.140. The van der Waals surface area contributed by atoms with Crippen molar-refractivity contribution in [2.24, 2.45) is 0 Å². The van der Waals surface area contributed by atoms with Crippen molar-refractivity contribution in [3.8, 4) is 0 Å². The summed E-state index contributed by atoms with van der Waals surface area (Å²) in [5, 5.41) is 3.36. The van der Waals surface area contributed by atoms with E-state index in [0.717, 1.165) is 10.6 Å². The maximum atomic E-state index is 13.5. The highest BCUT2D eigenvalue weighted by Gasteiger charge is 2.32. The Balaban J connectivity index is 2.47. The third-order valence-electron chi connectivity index (χ3n) is 5.05. The van der Waals surface area contributed by atoms with Gasteiger partial charge in [-0.2, -0.15) is 0 Å². The van der Waals surface area contributed by atoms with Crippen LogP contribution in [0.5, 0.6) is 0 Å². The quantitative estimate of drug-likeness (QED) is 0.570. The Morgan fingerprint density at radius 2 is 1.78 bits per heavy atom. The second kappa shape index (κ2) is 11.0. The van der Waals surface area contributed by atoms with Crippen LogP contribution in [0.15, 0.2) is 42.5 Å². The van der Waals surface area contributed by atoms with Crippen molar-refractivity contribution in [3.63, 3.8) is 0 Å². The van der Waals surface area contributed by atoms with Crippen molar-refractivity contribution in [2.75, 3.05) is 24.2 Å². The number of carbonyl (C=O) groups is 2. The van der Waals surface area contributed by atoms with Crippen LogP contribution in [-0.2, 0) is 26.2 Å². The van der Waals surface area contributed by atoms with Gasteiger partial charge in [-0.15, -0.1) is 0 Å². The fourth-order valence-corrected chi connectivity index (χ4v) is 4.73. The van der Waals surface area contributed by atoms with E-state index in [-0.39, 0.29) is 12.5 Å². The highest BCUT2D eigenvalue weighted by Crippen LogP contribution is 2.25. The molecule has 0 saturated heterocycles. The van der Waals surface area contributed by atoms with Crippen LogP contribution < -0.4 is 9.62 Å². The molecule has 2 aromatic carbocycles. The minimum Gasteiger partial charge on any atom is -0.357 e. The van der Waals surface area contributed by atoms with Crippen molar-refractivity contribution < 1.29 is 18.0 Å². The Morgan fingerprint density at radius 1 is 1.12 bits per heavy atom. The van der Waals surface area contributed by atoms with Crippen molar-refractivity contribution >= 4 is 50.7 Å². The number of rotatable bonds is 9. The van der Waals surface area contributed by atoms with Crippen molar-refractivity contribution in [1.29, 1.82) is 0 Å². The van der Waals surface area contributed by atoms with Gasteiger partial charge in [0.05, 0.1) is 11.9 Å². The average Bonchev–Trinajstić information content (AvgIpc) is 2.72. The predicted octanol–water partition coefficient (Wildman–Crippen LogP) is 3.62. The molecule has 0 aliphatic heterocycles. The largest absolute Gasteiger partial charge is 0.357 e. The minimum absolute atomic E-state index is 0.0200. The third-order valence-corrected chi connectivity index (χ3v) is 6.76. The molecule has 0 aliphatic rings. The Bertz CT molecular complexity index is 1090. The number of amides is 2. The summed E-state index contributed by atoms with van der Waals surface area (Å²) in [5.74, 6) is -0.882. The number of nitrogens with one attached hydrogen (secondary N) is 1. The van der Waals surface area contributed by atoms with Gasteiger partial charge in [-0.1, -0.05) is 54.4 Å². The first kappa shape index (κ1) is 26.0. The average molecular weight is 500 g/mol. The molecule has 1 atom stereocenters. The molecule has 0 fully saturated rings. The highest BCUT2D eigenvalue weighted by molar-refractivity contribution is 7.92. The SMILES string of the molecule is CC[C@H](C(=O)NC)N(Cc1ccc(Cl)cc1Cl)C(=O)CN(c1ccccc1C)S(C)(=O)=O. The predicted molar refractivity (Wildman–Crippen MR) is 129 cm³/mol. The standard InChI is InChI=1S/C22H27Cl2N3O4S/c1-5-19(22(29)25-3)26(13-16-10-11-17(23)12-18(16)24)21(28)14-27(32(4,30)31)20-9-7-6-8-15(20)2/h6-12,19H,5,13-14H2,1-4H3,(H,25,29)/t19-/m1/s1. The zero-order chi connectivity index (χ0) is 24.1. The number of aryl methyl sites for hydroxylation is 1. The molecule has 7 nitrogen and oxygen atoms in total. The number of hydrogen-bond acceptors (Lipinski definition) is 4. The minimum atomic E-state index is -3.77. The van der Waals surface area contributed by atoms with E-state index in [1.807, 2.05) is 0 Å². The Morgan fingerprint density at radius 3 is 2.31 bits per heavy atom. The molecular weight excluding hydrogens is 473 g/mol. The van der Waals surface area contributed by atoms with Gasteiger partial charge in [-0.25, -0.2) is 8.42 Å². The van der Waals surface area contributed by atoms with Crippen molar-refractivity contribution in [2.45, 2.75) is 32.9 Å². The molecule has 174 valence electrons. The van der Waals surface area contributed by atoms with Gasteiger partial charge in [0.25, 0.3) is 0 Å². The van der Waals surface area contributed by atoms with Crippen LogP contribution in [0, 0.1) is 6.92 Å². The van der Waals surface area contributed by atoms with Gasteiger partial charge in [0.15, 0.2) is 0 Å². The third kappa shape index (κ3) is 6.37. The van der Waals surface area contributed by atoms with E-state index in [9.17, 15) is 18.0 Å². The first-order valence-electron chi connectivity index (χ1n) is 9.97. The number of likely N-dealkylation sites (N-methyl/N-ethyl adjacent to an activating group) is 1. The fourth-order valence-electron chi connectivity index (χ4n) is 3.36. The van der Waals surface area contributed by atoms with Crippen LogP contribution in [0.2, 0.25) is 10.0 Å². The Kier molecular flexibility index (Phi) is 8.95. The number of benzene rings is 2. The molecule has 0 aromatic heterocycles. The lowest BCUT2D eigenvalue weighted by Gasteiger charge is -2.33. The molecule has 0 radical (unpaired) electrons. The molecule has 10 heteroatoms. The number of carbonyl (C=O) groups excluding carboxylic acids is 2. The lowest BCUT2D eigenvalue weighted by Crippen LogP contribution is -2.51. The van der Waals surface area contributed by atoms with E-state index >= 15 is 0 Å². The van der Waals surface area contributed by atoms with E-state index in [1.54, 1.807) is 56.3 Å². The van der Waals surface area contributed by atoms with Crippen LogP contribution in [0.4, 0.5) is 5.69 Å². The molecule has 2 rings (SSSR count). The van der Waals surface area contributed by atoms with E-state index < -0.39 is 28.5 Å². The fraction of sp³-hybridized carbons (Fsp3) is 0.364. The van der Waals surface area contributed by atoms with Gasteiger partial charge in [0, 0.05) is 23.6 Å². The smallest absolute Gasteiger partial charge is 0.244 e. The number of halogens is 2. The zero-order valence-corrected chi connectivity index (χ0v) is 20.8. The molecule has 32 heavy (non-hydrogen) atoms. The second-order valence-electron chi connectivity index (χ2n) is 7.35. The number of sulfonamides is 1. The molecule has 0 saturated carbocycles. The van der Waals surface area contributed by atoms with Crippen LogP contribution in [-0.4, -0.2) is 51.0 Å². The van der Waals surface area contributed by atoms with Crippen molar-refractivity contribution in [3.05, 3.63) is 63.6 Å². The summed E-state index contributed by atoms with van der Waals surface area (Å²) in [6.45, 7) is 3.11. The summed E-state index contributed by atoms with van der Waals surface area (Å²) in [4.78, 5) is 27.3. The van der Waals surface area contributed by atoms with E-state index in [4.69, 9.17) is 23.2 Å². The van der Waals surface area contributed by atoms with Crippen molar-refractivity contribution in [1.82, 2.24) is 10.2 Å². The number of hydrogen-bond donors (Lipinski definition) is 1. The summed E-state index contributed by atoms with van der Waals surface area (Å²) < 4.78 is 26.2. The van der Waals surface area contributed by atoms with Gasteiger partial charge in [0.1, 0.15) is 12.6 Å². The van der Waals surface area contributed by atoms with Gasteiger partial charge in [0.2, 0.25) is 21.8 Å². The molecule has 0 heterocycles. The van der Waals surface area contributed by atoms with Gasteiger partial charge >= 0.3 is 0 Å². The maximum absolute atomic E-state index is 13.5.